The molecule has 27 heavy (non-hydrogen) atoms. The number of hydrogen-bond donors (Lipinski definition) is 0. The fourth-order valence-electron chi connectivity index (χ4n) is 2.69. The van der Waals surface area contributed by atoms with Gasteiger partial charge in [0.1, 0.15) is 0 Å². The Bertz CT molecular complexity index is 958. The van der Waals surface area contributed by atoms with E-state index in [9.17, 15) is 13.2 Å². The first kappa shape index (κ1) is 17.8. The van der Waals surface area contributed by atoms with Crippen molar-refractivity contribution in [2.45, 2.75) is 32.0 Å². The van der Waals surface area contributed by atoms with Gasteiger partial charge in [0.25, 0.3) is 0 Å². The van der Waals surface area contributed by atoms with Crippen LogP contribution < -0.4 is 0 Å². The maximum Gasteiger partial charge on any atom is 0.471 e. The molecule has 0 bridgehead atoms. The molecule has 0 saturated heterocycles. The van der Waals surface area contributed by atoms with E-state index in [1.54, 1.807) is 28.9 Å². The SMILES string of the molecule is FC(F)(F)c1nc(-c2ccc(Cn3ccc(C(=S)CC4CC4)n3)cc2)no1. The van der Waals surface area contributed by atoms with Crippen LogP contribution in [-0.4, -0.2) is 24.8 Å². The summed E-state index contributed by atoms with van der Waals surface area (Å²) < 4.78 is 43.7. The Morgan fingerprint density at radius 1 is 1.19 bits per heavy atom. The van der Waals surface area contributed by atoms with Crippen LogP contribution in [0.5, 0.6) is 0 Å². The van der Waals surface area contributed by atoms with Crippen molar-refractivity contribution in [1.29, 1.82) is 0 Å². The first-order chi connectivity index (χ1) is 12.9. The molecule has 1 fully saturated rings. The Hall–Kier alpha value is -2.55. The molecule has 3 aromatic rings. The van der Waals surface area contributed by atoms with E-state index in [4.69, 9.17) is 12.2 Å². The molecule has 2 aromatic heterocycles. The highest BCUT2D eigenvalue weighted by Crippen LogP contribution is 2.33. The van der Waals surface area contributed by atoms with Crippen LogP contribution in [0.25, 0.3) is 11.4 Å². The van der Waals surface area contributed by atoms with Crippen molar-refractivity contribution in [2.75, 3.05) is 0 Å². The van der Waals surface area contributed by atoms with Crippen LogP contribution in [0.15, 0.2) is 41.1 Å². The monoisotopic (exact) mass is 392 g/mol. The molecule has 0 radical (unpaired) electrons. The normalized spacial score (nSPS) is 14.5. The van der Waals surface area contributed by atoms with Crippen molar-refractivity contribution in [1.82, 2.24) is 19.9 Å². The lowest BCUT2D eigenvalue weighted by Gasteiger charge is -2.03. The van der Waals surface area contributed by atoms with Crippen molar-refractivity contribution in [3.8, 4) is 11.4 Å². The Morgan fingerprint density at radius 2 is 1.93 bits per heavy atom. The molecule has 5 nitrogen and oxygen atoms in total. The maximum atomic E-state index is 12.5. The van der Waals surface area contributed by atoms with E-state index in [2.05, 4.69) is 19.8 Å². The summed E-state index contributed by atoms with van der Waals surface area (Å²) in [6.07, 6.45) is 0.641. The summed E-state index contributed by atoms with van der Waals surface area (Å²) in [5, 5.41) is 7.89. The van der Waals surface area contributed by atoms with Gasteiger partial charge in [0, 0.05) is 16.6 Å². The summed E-state index contributed by atoms with van der Waals surface area (Å²) in [5.41, 5.74) is 2.23. The second-order valence-electron chi connectivity index (χ2n) is 6.59. The van der Waals surface area contributed by atoms with Gasteiger partial charge in [0.15, 0.2) is 0 Å². The molecule has 0 aliphatic heterocycles. The van der Waals surface area contributed by atoms with Gasteiger partial charge >= 0.3 is 12.1 Å². The van der Waals surface area contributed by atoms with Crippen LogP contribution >= 0.6 is 12.2 Å². The molecule has 1 aromatic carbocycles. The largest absolute Gasteiger partial charge is 0.471 e. The highest BCUT2D eigenvalue weighted by Gasteiger charge is 2.38. The first-order valence-electron chi connectivity index (χ1n) is 8.45. The Balaban J connectivity index is 1.43. The lowest BCUT2D eigenvalue weighted by Crippen LogP contribution is -2.05. The van der Waals surface area contributed by atoms with Crippen molar-refractivity contribution >= 4 is 17.1 Å². The number of thiocarbonyl (C=S) groups is 1. The molecule has 1 aliphatic rings. The van der Waals surface area contributed by atoms with Gasteiger partial charge in [0.05, 0.1) is 12.2 Å². The number of benzene rings is 1. The smallest absolute Gasteiger partial charge is 0.329 e. The lowest BCUT2D eigenvalue weighted by atomic mass is 10.1. The third-order valence-electron chi connectivity index (χ3n) is 4.32. The standard InChI is InChI=1S/C18H15F3N4OS/c19-18(20,21)17-22-16(24-26-17)13-5-3-12(4-6-13)10-25-8-7-14(23-25)15(27)9-11-1-2-11/h3-8,11H,1-2,9-10H2. The molecule has 4 rings (SSSR count). The minimum Gasteiger partial charge on any atom is -0.329 e. The van der Waals surface area contributed by atoms with Gasteiger partial charge < -0.3 is 4.52 Å². The van der Waals surface area contributed by atoms with Crippen LogP contribution in [0.3, 0.4) is 0 Å². The second-order valence-corrected chi connectivity index (χ2v) is 7.08. The van der Waals surface area contributed by atoms with E-state index in [-0.39, 0.29) is 5.82 Å². The van der Waals surface area contributed by atoms with Crippen LogP contribution in [-0.2, 0) is 12.7 Å². The van der Waals surface area contributed by atoms with E-state index in [0.29, 0.717) is 12.1 Å². The van der Waals surface area contributed by atoms with Gasteiger partial charge in [-0.15, -0.1) is 0 Å². The molecule has 0 spiro atoms. The summed E-state index contributed by atoms with van der Waals surface area (Å²) in [6, 6.07) is 8.81. The van der Waals surface area contributed by atoms with E-state index in [0.717, 1.165) is 28.5 Å². The average molecular weight is 392 g/mol. The molecule has 0 N–H and O–H groups in total. The molecular weight excluding hydrogens is 377 g/mol. The predicted molar refractivity (Wildman–Crippen MR) is 95.1 cm³/mol. The summed E-state index contributed by atoms with van der Waals surface area (Å²) in [5.74, 6) is -0.730. The van der Waals surface area contributed by atoms with Crippen LogP contribution in [0.4, 0.5) is 13.2 Å². The number of halogens is 3. The summed E-state index contributed by atoms with van der Waals surface area (Å²) in [6.45, 7) is 0.534. The van der Waals surface area contributed by atoms with E-state index in [1.165, 1.54) is 12.8 Å². The van der Waals surface area contributed by atoms with Gasteiger partial charge in [-0.05, 0) is 36.8 Å². The van der Waals surface area contributed by atoms with E-state index < -0.39 is 12.1 Å². The van der Waals surface area contributed by atoms with Crippen molar-refractivity contribution < 1.29 is 17.7 Å². The lowest BCUT2D eigenvalue weighted by molar-refractivity contribution is -0.159. The molecule has 9 heteroatoms. The maximum absolute atomic E-state index is 12.5. The summed E-state index contributed by atoms with van der Waals surface area (Å²) in [7, 11) is 0. The third-order valence-corrected chi connectivity index (χ3v) is 4.70. The number of hydrogen-bond acceptors (Lipinski definition) is 5. The molecule has 1 saturated carbocycles. The van der Waals surface area contributed by atoms with Crippen LogP contribution in [0.2, 0.25) is 0 Å². The molecular formula is C18H15F3N4OS. The van der Waals surface area contributed by atoms with Gasteiger partial charge in [-0.25, -0.2) is 0 Å². The van der Waals surface area contributed by atoms with Crippen LogP contribution in [0.1, 0.15) is 36.4 Å². The second kappa shape index (κ2) is 6.88. The number of nitrogens with zero attached hydrogens (tertiary/aromatic N) is 4. The number of rotatable bonds is 6. The predicted octanol–water partition coefficient (Wildman–Crippen LogP) is 4.52. The molecule has 140 valence electrons. The molecule has 0 amide bonds. The van der Waals surface area contributed by atoms with Crippen molar-refractivity contribution in [2.24, 2.45) is 5.92 Å². The van der Waals surface area contributed by atoms with Gasteiger partial charge in [-0.3, -0.25) is 4.68 Å². The van der Waals surface area contributed by atoms with Crippen molar-refractivity contribution in [3.05, 3.63) is 53.7 Å². The molecule has 2 heterocycles. The zero-order valence-corrected chi connectivity index (χ0v) is 14.9. The third kappa shape index (κ3) is 4.24. The Morgan fingerprint density at radius 3 is 2.56 bits per heavy atom. The Labute approximate surface area is 158 Å². The van der Waals surface area contributed by atoms with Crippen LogP contribution in [0, 0.1) is 5.92 Å². The number of aromatic nitrogens is 4. The minimum atomic E-state index is -4.65. The fraction of sp³-hybridized carbons (Fsp3) is 0.333. The molecule has 0 atom stereocenters. The van der Waals surface area contributed by atoms with Gasteiger partial charge in [-0.1, -0.05) is 41.6 Å². The first-order valence-corrected chi connectivity index (χ1v) is 8.86. The fourth-order valence-corrected chi connectivity index (χ4v) is 3.03. The topological polar surface area (TPSA) is 56.7 Å². The quantitative estimate of drug-likeness (QED) is 0.456. The Kier molecular flexibility index (Phi) is 4.55. The summed E-state index contributed by atoms with van der Waals surface area (Å²) >= 11 is 5.44. The molecule has 0 unspecified atom stereocenters. The number of alkyl halides is 3. The summed E-state index contributed by atoms with van der Waals surface area (Å²) in [4.78, 5) is 4.27. The highest BCUT2D eigenvalue weighted by molar-refractivity contribution is 7.80. The average Bonchev–Trinajstić information content (AvgIpc) is 3.12. The zero-order valence-electron chi connectivity index (χ0n) is 14.1. The highest BCUT2D eigenvalue weighted by atomic mass is 32.1. The van der Waals surface area contributed by atoms with Crippen molar-refractivity contribution in [3.63, 3.8) is 0 Å². The van der Waals surface area contributed by atoms with E-state index in [1.807, 2.05) is 12.3 Å². The zero-order chi connectivity index (χ0) is 19.0. The van der Waals surface area contributed by atoms with Gasteiger partial charge in [0.2, 0.25) is 5.82 Å². The minimum absolute atomic E-state index is 0.0966. The van der Waals surface area contributed by atoms with Gasteiger partial charge in [-0.2, -0.15) is 23.3 Å². The molecule has 1 aliphatic carbocycles. The van der Waals surface area contributed by atoms with E-state index >= 15 is 0 Å².